The van der Waals surface area contributed by atoms with Crippen LogP contribution in [0.4, 0.5) is 0 Å². The molecule has 0 radical (unpaired) electrons. The molecule has 4 rings (SSSR count). The van der Waals surface area contributed by atoms with Gasteiger partial charge in [0.1, 0.15) is 6.54 Å². The number of rotatable bonds is 4. The van der Waals surface area contributed by atoms with Gasteiger partial charge in [-0.15, -0.1) is 0 Å². The molecule has 7 nitrogen and oxygen atoms in total. The first-order chi connectivity index (χ1) is 12.5. The van der Waals surface area contributed by atoms with Crippen LogP contribution in [0.25, 0.3) is 32.7 Å². The molecular weight excluding hydrogens is 336 g/mol. The van der Waals surface area contributed by atoms with Crippen molar-refractivity contribution >= 4 is 44.6 Å². The van der Waals surface area contributed by atoms with Crippen molar-refractivity contribution in [2.45, 2.75) is 13.0 Å². The zero-order valence-electron chi connectivity index (χ0n) is 13.5. The Morgan fingerprint density at radius 1 is 0.962 bits per heavy atom. The van der Waals surface area contributed by atoms with E-state index in [9.17, 15) is 19.5 Å². The highest BCUT2D eigenvalue weighted by atomic mass is 16.4. The van der Waals surface area contributed by atoms with Gasteiger partial charge in [0, 0.05) is 16.2 Å². The molecule has 7 heteroatoms. The number of fused-ring (bicyclic) bond motifs is 5. The van der Waals surface area contributed by atoms with Crippen molar-refractivity contribution in [1.82, 2.24) is 9.55 Å². The Bertz CT molecular complexity index is 1270. The molecule has 0 saturated heterocycles. The third-order valence-electron chi connectivity index (χ3n) is 4.44. The van der Waals surface area contributed by atoms with Crippen molar-refractivity contribution in [3.8, 4) is 0 Å². The molecule has 0 atom stereocenters. The fourth-order valence-electron chi connectivity index (χ4n) is 3.45. The standard InChI is InChI=1S/C19H14N2O5/c22-15(23)8-10-5-6-13-14(7-10)21(9-16(24)25)18-11-3-1-2-4-12(11)19(26)20-17(13)18/h1-7H,8-9H2,(H,20,26)(H,22,23)(H,24,25). The van der Waals surface area contributed by atoms with E-state index in [1.54, 1.807) is 47.0 Å². The van der Waals surface area contributed by atoms with Crippen LogP contribution < -0.4 is 5.56 Å². The molecule has 2 aromatic carbocycles. The molecule has 0 spiro atoms. The number of carbonyl (C=O) groups is 2. The van der Waals surface area contributed by atoms with Crippen molar-refractivity contribution in [1.29, 1.82) is 0 Å². The van der Waals surface area contributed by atoms with Gasteiger partial charge in [-0.3, -0.25) is 14.4 Å². The van der Waals surface area contributed by atoms with Crippen LogP contribution in [0.3, 0.4) is 0 Å². The molecule has 2 heterocycles. The number of aliphatic carboxylic acids is 2. The van der Waals surface area contributed by atoms with Crippen molar-refractivity contribution in [2.75, 3.05) is 0 Å². The molecular formula is C19H14N2O5. The van der Waals surface area contributed by atoms with Crippen LogP contribution in [0.1, 0.15) is 5.56 Å². The first-order valence-corrected chi connectivity index (χ1v) is 7.95. The summed E-state index contributed by atoms with van der Waals surface area (Å²) in [5.41, 5.74) is 2.05. The summed E-state index contributed by atoms with van der Waals surface area (Å²) >= 11 is 0. The molecule has 0 bridgehead atoms. The lowest BCUT2D eigenvalue weighted by Gasteiger charge is -2.07. The van der Waals surface area contributed by atoms with E-state index in [1.165, 1.54) is 0 Å². The van der Waals surface area contributed by atoms with Crippen LogP contribution in [-0.4, -0.2) is 31.7 Å². The maximum absolute atomic E-state index is 12.4. The third-order valence-corrected chi connectivity index (χ3v) is 4.44. The van der Waals surface area contributed by atoms with Crippen LogP contribution in [-0.2, 0) is 22.6 Å². The summed E-state index contributed by atoms with van der Waals surface area (Å²) < 4.78 is 1.61. The summed E-state index contributed by atoms with van der Waals surface area (Å²) in [6.45, 7) is -0.299. The maximum Gasteiger partial charge on any atom is 0.323 e. The lowest BCUT2D eigenvalue weighted by molar-refractivity contribution is -0.138. The summed E-state index contributed by atoms with van der Waals surface area (Å²) in [5, 5.41) is 20.2. The number of aromatic amines is 1. The maximum atomic E-state index is 12.4. The lowest BCUT2D eigenvalue weighted by atomic mass is 10.1. The van der Waals surface area contributed by atoms with E-state index >= 15 is 0 Å². The predicted octanol–water partition coefficient (Wildman–Crippen LogP) is 2.35. The van der Waals surface area contributed by atoms with Gasteiger partial charge < -0.3 is 19.8 Å². The molecule has 0 unspecified atom stereocenters. The molecule has 0 fully saturated rings. The number of carboxylic acid groups (broad SMARTS) is 2. The Balaban J connectivity index is 2.19. The minimum absolute atomic E-state index is 0.165. The molecule has 2 aromatic heterocycles. The van der Waals surface area contributed by atoms with Crippen molar-refractivity contribution in [3.05, 3.63) is 58.4 Å². The van der Waals surface area contributed by atoms with Gasteiger partial charge >= 0.3 is 11.9 Å². The van der Waals surface area contributed by atoms with Gasteiger partial charge in [0.2, 0.25) is 0 Å². The highest BCUT2D eigenvalue weighted by molar-refractivity contribution is 6.15. The van der Waals surface area contributed by atoms with Crippen LogP contribution in [0.2, 0.25) is 0 Å². The third kappa shape index (κ3) is 2.41. The van der Waals surface area contributed by atoms with Gasteiger partial charge in [-0.05, 0) is 17.7 Å². The van der Waals surface area contributed by atoms with Crippen molar-refractivity contribution in [3.63, 3.8) is 0 Å². The van der Waals surface area contributed by atoms with E-state index < -0.39 is 11.9 Å². The number of nitrogens with one attached hydrogen (secondary N) is 1. The zero-order chi connectivity index (χ0) is 18.4. The molecule has 26 heavy (non-hydrogen) atoms. The Labute approximate surface area is 146 Å². The summed E-state index contributed by atoms with van der Waals surface area (Å²) in [6.07, 6.45) is -0.165. The highest BCUT2D eigenvalue weighted by Crippen LogP contribution is 2.32. The largest absolute Gasteiger partial charge is 0.481 e. The van der Waals surface area contributed by atoms with Crippen LogP contribution in [0, 0.1) is 0 Å². The van der Waals surface area contributed by atoms with Crippen LogP contribution in [0.5, 0.6) is 0 Å². The minimum atomic E-state index is -1.03. The highest BCUT2D eigenvalue weighted by Gasteiger charge is 2.18. The molecule has 3 N–H and O–H groups in total. The number of nitrogens with zero attached hydrogens (tertiary/aromatic N) is 1. The molecule has 0 amide bonds. The van der Waals surface area contributed by atoms with Crippen LogP contribution in [0.15, 0.2) is 47.3 Å². The average Bonchev–Trinajstić information content (AvgIpc) is 2.87. The minimum Gasteiger partial charge on any atom is -0.481 e. The second-order valence-corrected chi connectivity index (χ2v) is 6.13. The molecule has 0 aliphatic carbocycles. The Hall–Kier alpha value is -3.61. The number of carboxylic acids is 2. The number of benzene rings is 2. The molecule has 0 aliphatic heterocycles. The number of pyridine rings is 1. The van der Waals surface area contributed by atoms with Gasteiger partial charge in [0.15, 0.2) is 0 Å². The zero-order valence-corrected chi connectivity index (χ0v) is 13.5. The fourth-order valence-corrected chi connectivity index (χ4v) is 3.45. The second kappa shape index (κ2) is 5.73. The number of hydrogen-bond donors (Lipinski definition) is 3. The fraction of sp³-hybridized carbons (Fsp3) is 0.105. The summed E-state index contributed by atoms with van der Waals surface area (Å²) in [5.74, 6) is -1.99. The quantitative estimate of drug-likeness (QED) is 0.523. The summed E-state index contributed by atoms with van der Waals surface area (Å²) in [4.78, 5) is 37.7. The molecule has 130 valence electrons. The molecule has 4 aromatic rings. The lowest BCUT2D eigenvalue weighted by Crippen LogP contribution is -2.11. The molecule has 0 aliphatic rings. The van der Waals surface area contributed by atoms with Crippen molar-refractivity contribution < 1.29 is 19.8 Å². The smallest absolute Gasteiger partial charge is 0.323 e. The topological polar surface area (TPSA) is 112 Å². The monoisotopic (exact) mass is 350 g/mol. The molecule has 0 saturated carbocycles. The van der Waals surface area contributed by atoms with E-state index in [0.29, 0.717) is 38.3 Å². The van der Waals surface area contributed by atoms with Gasteiger partial charge in [0.05, 0.1) is 23.0 Å². The van der Waals surface area contributed by atoms with E-state index in [4.69, 9.17) is 5.11 Å². The Kier molecular flexibility index (Phi) is 3.50. The van der Waals surface area contributed by atoms with Crippen molar-refractivity contribution in [2.24, 2.45) is 0 Å². The normalized spacial score (nSPS) is 11.4. The SMILES string of the molecule is O=C(O)Cc1ccc2c3[nH]c(=O)c4ccccc4c3n(CC(=O)O)c2c1. The Morgan fingerprint density at radius 2 is 1.69 bits per heavy atom. The predicted molar refractivity (Wildman–Crippen MR) is 96.5 cm³/mol. The Morgan fingerprint density at radius 3 is 2.38 bits per heavy atom. The average molecular weight is 350 g/mol. The number of aromatic nitrogens is 2. The summed E-state index contributed by atoms with van der Waals surface area (Å²) in [6, 6.07) is 12.1. The second-order valence-electron chi connectivity index (χ2n) is 6.13. The van der Waals surface area contributed by atoms with E-state index in [-0.39, 0.29) is 18.5 Å². The van der Waals surface area contributed by atoms with Crippen LogP contribution >= 0.6 is 0 Å². The number of hydrogen-bond acceptors (Lipinski definition) is 3. The first-order valence-electron chi connectivity index (χ1n) is 7.95. The van der Waals surface area contributed by atoms with Gasteiger partial charge in [0.25, 0.3) is 5.56 Å². The van der Waals surface area contributed by atoms with Gasteiger partial charge in [-0.1, -0.05) is 30.3 Å². The summed E-state index contributed by atoms with van der Waals surface area (Å²) in [7, 11) is 0. The number of H-pyrrole nitrogens is 1. The van der Waals surface area contributed by atoms with Gasteiger partial charge in [-0.2, -0.15) is 0 Å². The van der Waals surface area contributed by atoms with E-state index in [2.05, 4.69) is 4.98 Å². The first kappa shape index (κ1) is 15.9. The van der Waals surface area contributed by atoms with Gasteiger partial charge in [-0.25, -0.2) is 0 Å². The van der Waals surface area contributed by atoms with E-state index in [0.717, 1.165) is 0 Å². The van der Waals surface area contributed by atoms with E-state index in [1.807, 2.05) is 0 Å².